The summed E-state index contributed by atoms with van der Waals surface area (Å²) in [5.74, 6) is -2.93. The number of nitrogens with zero attached hydrogens (tertiary/aromatic N) is 2. The molecule has 162 valence electrons. The van der Waals surface area contributed by atoms with Crippen molar-refractivity contribution in [1.82, 2.24) is 20.1 Å². The van der Waals surface area contributed by atoms with E-state index in [0.717, 1.165) is 0 Å². The van der Waals surface area contributed by atoms with E-state index in [1.54, 1.807) is 0 Å². The number of hydrogen-bond acceptors (Lipinski definition) is 6. The van der Waals surface area contributed by atoms with Crippen molar-refractivity contribution >= 4 is 17.6 Å². The van der Waals surface area contributed by atoms with Gasteiger partial charge in [0.1, 0.15) is 23.3 Å². The summed E-state index contributed by atoms with van der Waals surface area (Å²) in [7, 11) is 0. The predicted molar refractivity (Wildman–Crippen MR) is 107 cm³/mol. The van der Waals surface area contributed by atoms with Gasteiger partial charge in [-0.3, -0.25) is 24.5 Å². The number of ketones is 1. The van der Waals surface area contributed by atoms with Gasteiger partial charge in [-0.2, -0.15) is 0 Å². The number of nitrogens with one attached hydrogen (secondary N) is 2. The zero-order valence-electron chi connectivity index (χ0n) is 16.7. The van der Waals surface area contributed by atoms with Crippen LogP contribution in [0.3, 0.4) is 0 Å². The Kier molecular flexibility index (Phi) is 5.32. The number of rotatable bonds is 4. The van der Waals surface area contributed by atoms with Crippen LogP contribution in [0.4, 0.5) is 4.39 Å². The quantitative estimate of drug-likeness (QED) is 0.641. The number of hydrogen-bond donors (Lipinski definition) is 3. The molecule has 31 heavy (non-hydrogen) atoms. The molecule has 1 fully saturated rings. The number of halogens is 1. The SMILES string of the molecule is CC(=O)C1CNC2Cn3cc(C(=O)NCc4ccc(F)cc4)c(=O)c(O)c3C(=O)N2C1. The number of benzene rings is 1. The first-order valence-electron chi connectivity index (χ1n) is 9.80. The molecule has 10 heteroatoms. The highest BCUT2D eigenvalue weighted by Crippen LogP contribution is 2.25. The maximum Gasteiger partial charge on any atom is 0.275 e. The van der Waals surface area contributed by atoms with E-state index in [-0.39, 0.29) is 42.6 Å². The van der Waals surface area contributed by atoms with Gasteiger partial charge < -0.3 is 19.9 Å². The largest absolute Gasteiger partial charge is 0.503 e. The van der Waals surface area contributed by atoms with Crippen molar-refractivity contribution in [3.63, 3.8) is 0 Å². The fraction of sp³-hybridized carbons (Fsp3) is 0.333. The van der Waals surface area contributed by atoms with Crippen LogP contribution in [0, 0.1) is 11.7 Å². The fourth-order valence-electron chi connectivity index (χ4n) is 3.86. The maximum atomic E-state index is 13.0. The minimum absolute atomic E-state index is 0.0564. The zero-order valence-corrected chi connectivity index (χ0v) is 16.7. The average Bonchev–Trinajstić information content (AvgIpc) is 2.75. The van der Waals surface area contributed by atoms with Gasteiger partial charge in [0.2, 0.25) is 5.43 Å². The first-order chi connectivity index (χ1) is 14.8. The normalized spacial score (nSPS) is 20.1. The van der Waals surface area contributed by atoms with Gasteiger partial charge in [-0.15, -0.1) is 0 Å². The van der Waals surface area contributed by atoms with Crippen molar-refractivity contribution in [2.75, 3.05) is 13.1 Å². The second kappa shape index (κ2) is 7.95. The Morgan fingerprint density at radius 3 is 2.61 bits per heavy atom. The van der Waals surface area contributed by atoms with Crippen LogP contribution >= 0.6 is 0 Å². The summed E-state index contributed by atoms with van der Waals surface area (Å²) in [5.41, 5.74) is -0.832. The predicted octanol–water partition coefficient (Wildman–Crippen LogP) is 0.213. The van der Waals surface area contributed by atoms with Crippen LogP contribution in [-0.2, 0) is 17.9 Å². The molecular weight excluding hydrogens is 407 g/mol. The molecule has 4 rings (SSSR count). The molecule has 2 aliphatic rings. The molecule has 2 atom stereocenters. The molecule has 2 aromatic rings. The molecule has 0 saturated carbocycles. The molecule has 2 unspecified atom stereocenters. The summed E-state index contributed by atoms with van der Waals surface area (Å²) in [4.78, 5) is 51.2. The van der Waals surface area contributed by atoms with Crippen molar-refractivity contribution in [3.05, 3.63) is 63.3 Å². The number of pyridine rings is 1. The van der Waals surface area contributed by atoms with E-state index >= 15 is 0 Å². The third-order valence-electron chi connectivity index (χ3n) is 5.67. The Hall–Kier alpha value is -3.53. The lowest BCUT2D eigenvalue weighted by Crippen LogP contribution is -2.62. The molecule has 0 aliphatic carbocycles. The Balaban J connectivity index is 1.59. The van der Waals surface area contributed by atoms with Gasteiger partial charge in [0.05, 0.1) is 6.54 Å². The highest BCUT2D eigenvalue weighted by molar-refractivity contribution is 5.99. The smallest absolute Gasteiger partial charge is 0.275 e. The van der Waals surface area contributed by atoms with E-state index in [4.69, 9.17) is 0 Å². The molecule has 0 spiro atoms. The second-order valence-corrected chi connectivity index (χ2v) is 7.72. The lowest BCUT2D eigenvalue weighted by atomic mass is 9.99. The Bertz CT molecular complexity index is 1130. The fourth-order valence-corrected chi connectivity index (χ4v) is 3.86. The standard InChI is InChI=1S/C21H21FN4O5/c1-11(27)13-7-23-16-10-25-9-15(18(28)19(29)17(25)21(31)26(16)8-13)20(30)24-6-12-2-4-14(22)5-3-12/h2-5,9,13,16,23,29H,6-8,10H2,1H3,(H,24,30). The number of carbonyl (C=O) groups excluding carboxylic acids is 3. The lowest BCUT2D eigenvalue weighted by Gasteiger charge is -2.43. The summed E-state index contributed by atoms with van der Waals surface area (Å²) in [6, 6.07) is 5.52. The van der Waals surface area contributed by atoms with Crippen LogP contribution in [0.25, 0.3) is 0 Å². The highest BCUT2D eigenvalue weighted by atomic mass is 19.1. The van der Waals surface area contributed by atoms with E-state index in [0.29, 0.717) is 12.1 Å². The van der Waals surface area contributed by atoms with Gasteiger partial charge in [0.15, 0.2) is 11.4 Å². The van der Waals surface area contributed by atoms with Crippen LogP contribution in [0.1, 0.15) is 33.3 Å². The van der Waals surface area contributed by atoms with Crippen LogP contribution in [0.15, 0.2) is 35.3 Å². The summed E-state index contributed by atoms with van der Waals surface area (Å²) in [6.07, 6.45) is 0.832. The molecule has 2 amide bonds. The average molecular weight is 428 g/mol. The van der Waals surface area contributed by atoms with Gasteiger partial charge in [-0.1, -0.05) is 12.1 Å². The first kappa shape index (κ1) is 20.7. The van der Waals surface area contributed by atoms with E-state index in [1.807, 2.05) is 0 Å². The molecule has 2 aliphatic heterocycles. The third kappa shape index (κ3) is 3.81. The number of aromatic nitrogens is 1. The second-order valence-electron chi connectivity index (χ2n) is 7.72. The summed E-state index contributed by atoms with van der Waals surface area (Å²) >= 11 is 0. The topological polar surface area (TPSA) is 121 Å². The number of amides is 2. The van der Waals surface area contributed by atoms with E-state index in [9.17, 15) is 28.7 Å². The molecule has 0 bridgehead atoms. The highest BCUT2D eigenvalue weighted by Gasteiger charge is 2.40. The number of aromatic hydroxyl groups is 1. The van der Waals surface area contributed by atoms with Crippen LogP contribution < -0.4 is 16.1 Å². The molecular formula is C21H21FN4O5. The van der Waals surface area contributed by atoms with E-state index < -0.39 is 35.0 Å². The zero-order chi connectivity index (χ0) is 22.3. The van der Waals surface area contributed by atoms with Crippen molar-refractivity contribution in [1.29, 1.82) is 0 Å². The Morgan fingerprint density at radius 2 is 1.94 bits per heavy atom. The first-order valence-corrected chi connectivity index (χ1v) is 9.80. The lowest BCUT2D eigenvalue weighted by molar-refractivity contribution is -0.122. The summed E-state index contributed by atoms with van der Waals surface area (Å²) < 4.78 is 14.4. The molecule has 3 heterocycles. The van der Waals surface area contributed by atoms with E-state index in [2.05, 4.69) is 10.6 Å². The monoisotopic (exact) mass is 428 g/mol. The molecule has 3 N–H and O–H groups in total. The molecule has 1 aromatic heterocycles. The van der Waals surface area contributed by atoms with Gasteiger partial charge in [0.25, 0.3) is 11.8 Å². The number of carbonyl (C=O) groups is 3. The third-order valence-corrected chi connectivity index (χ3v) is 5.67. The Morgan fingerprint density at radius 1 is 1.23 bits per heavy atom. The summed E-state index contributed by atoms with van der Waals surface area (Å²) in [6.45, 7) is 2.33. The van der Waals surface area contributed by atoms with Gasteiger partial charge >= 0.3 is 0 Å². The van der Waals surface area contributed by atoms with Gasteiger partial charge in [0, 0.05) is 31.7 Å². The number of fused-ring (bicyclic) bond motifs is 2. The van der Waals surface area contributed by atoms with E-state index in [1.165, 1.54) is 46.9 Å². The van der Waals surface area contributed by atoms with Gasteiger partial charge in [-0.05, 0) is 24.6 Å². The molecule has 1 saturated heterocycles. The molecule has 9 nitrogen and oxygen atoms in total. The Labute approximate surface area is 176 Å². The molecule has 1 aromatic carbocycles. The van der Waals surface area contributed by atoms with Crippen LogP contribution in [-0.4, -0.2) is 51.4 Å². The minimum Gasteiger partial charge on any atom is -0.503 e. The van der Waals surface area contributed by atoms with Crippen molar-refractivity contribution in [2.24, 2.45) is 5.92 Å². The van der Waals surface area contributed by atoms with Crippen LogP contribution in [0.5, 0.6) is 5.75 Å². The summed E-state index contributed by atoms with van der Waals surface area (Å²) in [5, 5.41) is 16.1. The maximum absolute atomic E-state index is 13.0. The van der Waals surface area contributed by atoms with Crippen LogP contribution in [0.2, 0.25) is 0 Å². The van der Waals surface area contributed by atoms with Crippen molar-refractivity contribution in [2.45, 2.75) is 26.2 Å². The van der Waals surface area contributed by atoms with Crippen molar-refractivity contribution in [3.8, 4) is 5.75 Å². The van der Waals surface area contributed by atoms with Crippen molar-refractivity contribution < 1.29 is 23.9 Å². The molecule has 0 radical (unpaired) electrons. The minimum atomic E-state index is -0.956. The van der Waals surface area contributed by atoms with Gasteiger partial charge in [-0.25, -0.2) is 4.39 Å². The number of Topliss-reactive ketones (excluding diaryl/α,β-unsaturated/α-hetero) is 1.